The van der Waals surface area contributed by atoms with Crippen LogP contribution in [0, 0.1) is 6.92 Å². The number of nitrogen functional groups attached to an aromatic ring is 1. The Balaban J connectivity index is 2.42. The fraction of sp³-hybridized carbons (Fsp3) is 0.417. The van der Waals surface area contributed by atoms with Crippen LogP contribution in [0.5, 0.6) is 0 Å². The molecule has 0 aliphatic heterocycles. The molecule has 1 unspecified atom stereocenters. The van der Waals surface area contributed by atoms with Gasteiger partial charge in [0, 0.05) is 13.6 Å². The number of hydrogen-bond donors (Lipinski definition) is 2. The molecular weight excluding hydrogens is 234 g/mol. The highest BCUT2D eigenvalue weighted by molar-refractivity contribution is 7.18. The number of likely N-dealkylation sites (N-methyl/N-ethyl adjacent to an activating group) is 1. The number of nitrogens with zero attached hydrogens (tertiary/aromatic N) is 2. The Hall–Kier alpha value is -1.33. The highest BCUT2D eigenvalue weighted by Gasteiger charge is 2.11. The number of anilines is 2. The molecule has 17 heavy (non-hydrogen) atoms. The average molecular weight is 251 g/mol. The van der Waals surface area contributed by atoms with Crippen molar-refractivity contribution in [3.63, 3.8) is 0 Å². The summed E-state index contributed by atoms with van der Waals surface area (Å²) in [7, 11) is 1.92. The van der Waals surface area contributed by atoms with Gasteiger partial charge in [-0.05, 0) is 26.0 Å². The van der Waals surface area contributed by atoms with Crippen LogP contribution < -0.4 is 10.6 Å². The van der Waals surface area contributed by atoms with Gasteiger partial charge >= 0.3 is 0 Å². The summed E-state index contributed by atoms with van der Waals surface area (Å²) in [4.78, 5) is 6.40. The van der Waals surface area contributed by atoms with E-state index in [0.29, 0.717) is 6.54 Å². The monoisotopic (exact) mass is 251 g/mol. The molecule has 1 heterocycles. The second-order valence-corrected chi connectivity index (χ2v) is 5.58. The number of aliphatic hydroxyl groups excluding tert-OH is 1. The maximum Gasteiger partial charge on any atom is 0.0907 e. The van der Waals surface area contributed by atoms with Crippen LogP contribution in [0.2, 0.25) is 0 Å². The van der Waals surface area contributed by atoms with Gasteiger partial charge in [0.05, 0.1) is 32.7 Å². The van der Waals surface area contributed by atoms with Crippen molar-refractivity contribution in [2.24, 2.45) is 0 Å². The number of nitrogens with two attached hydrogens (primary N) is 1. The van der Waals surface area contributed by atoms with E-state index in [1.165, 1.54) is 0 Å². The van der Waals surface area contributed by atoms with Crippen LogP contribution in [-0.4, -0.2) is 29.8 Å². The third-order valence-corrected chi connectivity index (χ3v) is 3.53. The van der Waals surface area contributed by atoms with Gasteiger partial charge in [0.1, 0.15) is 0 Å². The van der Waals surface area contributed by atoms with Crippen LogP contribution in [0.3, 0.4) is 0 Å². The quantitative estimate of drug-likeness (QED) is 0.819. The smallest absolute Gasteiger partial charge is 0.0907 e. The zero-order valence-electron chi connectivity index (χ0n) is 10.3. The van der Waals surface area contributed by atoms with E-state index in [1.54, 1.807) is 18.3 Å². The Labute approximate surface area is 105 Å². The lowest BCUT2D eigenvalue weighted by atomic mass is 10.2. The number of hydrogen-bond acceptors (Lipinski definition) is 5. The van der Waals surface area contributed by atoms with Crippen molar-refractivity contribution in [3.8, 4) is 0 Å². The van der Waals surface area contributed by atoms with Gasteiger partial charge in [0.25, 0.3) is 0 Å². The van der Waals surface area contributed by atoms with Crippen molar-refractivity contribution < 1.29 is 5.11 Å². The van der Waals surface area contributed by atoms with E-state index in [9.17, 15) is 5.11 Å². The first-order valence-electron chi connectivity index (χ1n) is 5.53. The Morgan fingerprint density at radius 3 is 2.88 bits per heavy atom. The summed E-state index contributed by atoms with van der Waals surface area (Å²) in [5, 5.41) is 10.4. The number of aromatic nitrogens is 1. The van der Waals surface area contributed by atoms with Gasteiger partial charge in [-0.1, -0.05) is 0 Å². The zero-order valence-corrected chi connectivity index (χ0v) is 11.1. The zero-order chi connectivity index (χ0) is 12.6. The Bertz CT molecular complexity index is 536. The molecule has 0 fully saturated rings. The highest BCUT2D eigenvalue weighted by Crippen LogP contribution is 2.31. The van der Waals surface area contributed by atoms with Gasteiger partial charge in [0.2, 0.25) is 0 Å². The van der Waals surface area contributed by atoms with Gasteiger partial charge in [-0.15, -0.1) is 11.3 Å². The van der Waals surface area contributed by atoms with Crippen LogP contribution in [0.15, 0.2) is 12.1 Å². The van der Waals surface area contributed by atoms with Crippen molar-refractivity contribution >= 4 is 32.9 Å². The van der Waals surface area contributed by atoms with Crippen LogP contribution in [0.25, 0.3) is 10.2 Å². The first-order valence-corrected chi connectivity index (χ1v) is 6.35. The number of benzene rings is 1. The van der Waals surface area contributed by atoms with Crippen molar-refractivity contribution in [2.75, 3.05) is 24.2 Å². The minimum atomic E-state index is -0.382. The number of fused-ring (bicyclic) bond motifs is 1. The maximum atomic E-state index is 9.40. The second-order valence-electron chi connectivity index (χ2n) is 4.34. The van der Waals surface area contributed by atoms with Gasteiger partial charge in [0.15, 0.2) is 0 Å². The molecule has 2 aromatic rings. The van der Waals surface area contributed by atoms with Crippen LogP contribution in [-0.2, 0) is 0 Å². The summed E-state index contributed by atoms with van der Waals surface area (Å²) in [6.07, 6.45) is -0.382. The lowest BCUT2D eigenvalue weighted by molar-refractivity contribution is 0.201. The summed E-state index contributed by atoms with van der Waals surface area (Å²) in [6.45, 7) is 4.30. The van der Waals surface area contributed by atoms with E-state index in [4.69, 9.17) is 5.73 Å². The van der Waals surface area contributed by atoms with Gasteiger partial charge in [-0.2, -0.15) is 0 Å². The SMILES string of the molecule is Cc1nc2cc(N(C)CC(C)O)c(N)cc2s1. The molecule has 1 atom stereocenters. The molecule has 0 saturated carbocycles. The van der Waals surface area contributed by atoms with Crippen LogP contribution in [0.4, 0.5) is 11.4 Å². The molecule has 0 amide bonds. The molecule has 0 radical (unpaired) electrons. The molecule has 1 aromatic heterocycles. The summed E-state index contributed by atoms with van der Waals surface area (Å²) < 4.78 is 1.11. The molecule has 4 nitrogen and oxygen atoms in total. The molecule has 5 heteroatoms. The number of aliphatic hydroxyl groups is 1. The van der Waals surface area contributed by atoms with Gasteiger partial charge in [-0.3, -0.25) is 0 Å². The number of rotatable bonds is 3. The summed E-state index contributed by atoms with van der Waals surface area (Å²) in [6, 6.07) is 3.93. The van der Waals surface area contributed by atoms with Gasteiger partial charge in [-0.25, -0.2) is 4.98 Å². The van der Waals surface area contributed by atoms with E-state index < -0.39 is 0 Å². The minimum absolute atomic E-state index is 0.382. The van der Waals surface area contributed by atoms with E-state index in [-0.39, 0.29) is 6.10 Å². The Kier molecular flexibility index (Phi) is 3.22. The lowest BCUT2D eigenvalue weighted by Crippen LogP contribution is -2.27. The second kappa shape index (κ2) is 4.50. The van der Waals surface area contributed by atoms with Crippen molar-refractivity contribution in [3.05, 3.63) is 17.1 Å². The molecular formula is C12H17N3OS. The lowest BCUT2D eigenvalue weighted by Gasteiger charge is -2.22. The average Bonchev–Trinajstić information content (AvgIpc) is 2.54. The predicted molar refractivity (Wildman–Crippen MR) is 73.7 cm³/mol. The molecule has 3 N–H and O–H groups in total. The fourth-order valence-corrected chi connectivity index (χ4v) is 2.78. The van der Waals surface area contributed by atoms with Crippen LogP contribution in [0.1, 0.15) is 11.9 Å². The number of aryl methyl sites for hydroxylation is 1. The first kappa shape index (κ1) is 12.1. The number of thiazole rings is 1. The standard InChI is InChI=1S/C12H17N3OS/c1-7(16)6-15(3)11-5-10-12(4-9(11)13)17-8(2)14-10/h4-5,7,16H,6,13H2,1-3H3. The van der Waals surface area contributed by atoms with Gasteiger partial charge < -0.3 is 15.7 Å². The van der Waals surface area contributed by atoms with Crippen LogP contribution >= 0.6 is 11.3 Å². The largest absolute Gasteiger partial charge is 0.397 e. The minimum Gasteiger partial charge on any atom is -0.397 e. The van der Waals surface area contributed by atoms with E-state index >= 15 is 0 Å². The third-order valence-electron chi connectivity index (χ3n) is 2.59. The Morgan fingerprint density at radius 2 is 2.24 bits per heavy atom. The molecule has 0 aliphatic carbocycles. The summed E-state index contributed by atoms with van der Waals surface area (Å²) in [5.74, 6) is 0. The summed E-state index contributed by atoms with van der Waals surface area (Å²) in [5.41, 5.74) is 8.64. The van der Waals surface area contributed by atoms with E-state index in [2.05, 4.69) is 4.98 Å². The molecule has 0 aliphatic rings. The molecule has 0 saturated heterocycles. The van der Waals surface area contributed by atoms with E-state index in [1.807, 2.05) is 31.0 Å². The topological polar surface area (TPSA) is 62.4 Å². The molecule has 0 bridgehead atoms. The molecule has 1 aromatic carbocycles. The molecule has 92 valence electrons. The van der Waals surface area contributed by atoms with Crippen molar-refractivity contribution in [2.45, 2.75) is 20.0 Å². The predicted octanol–water partition coefficient (Wildman–Crippen LogP) is 2.00. The summed E-state index contributed by atoms with van der Waals surface area (Å²) >= 11 is 1.64. The van der Waals surface area contributed by atoms with E-state index in [0.717, 1.165) is 26.6 Å². The van der Waals surface area contributed by atoms with Crippen molar-refractivity contribution in [1.29, 1.82) is 0 Å². The third kappa shape index (κ3) is 2.50. The Morgan fingerprint density at radius 1 is 1.53 bits per heavy atom. The molecule has 2 rings (SSSR count). The fourth-order valence-electron chi connectivity index (χ4n) is 1.92. The van der Waals surface area contributed by atoms with Crippen molar-refractivity contribution in [1.82, 2.24) is 4.98 Å². The normalized spacial score (nSPS) is 12.9. The maximum absolute atomic E-state index is 9.40. The molecule has 0 spiro atoms. The highest BCUT2D eigenvalue weighted by atomic mass is 32.1. The first-order chi connectivity index (χ1) is 7.97.